The van der Waals surface area contributed by atoms with E-state index in [1.807, 2.05) is 18.7 Å². The second kappa shape index (κ2) is 8.84. The Bertz CT molecular complexity index is 198. The van der Waals surface area contributed by atoms with Gasteiger partial charge in [-0.2, -0.15) is 11.8 Å². The number of carbonyl (C=O) groups is 1. The molecule has 5 heteroatoms. The van der Waals surface area contributed by atoms with Crippen molar-refractivity contribution in [2.24, 2.45) is 11.8 Å². The molecule has 96 valence electrons. The van der Waals surface area contributed by atoms with Crippen molar-refractivity contribution in [3.05, 3.63) is 0 Å². The summed E-state index contributed by atoms with van der Waals surface area (Å²) in [6, 6.07) is 0. The van der Waals surface area contributed by atoms with E-state index >= 15 is 0 Å². The SMILES string of the molecule is CCN(CC)CCSC(C)C(C)C(=O)NN. The third kappa shape index (κ3) is 5.72. The minimum absolute atomic E-state index is 0.0355. The molecule has 4 nitrogen and oxygen atoms in total. The average Bonchev–Trinajstić information content (AvgIpc) is 2.32. The number of carbonyl (C=O) groups excluding carboxylic acids is 1. The molecule has 0 aromatic heterocycles. The van der Waals surface area contributed by atoms with Gasteiger partial charge in [-0.15, -0.1) is 0 Å². The van der Waals surface area contributed by atoms with Crippen molar-refractivity contribution in [3.63, 3.8) is 0 Å². The van der Waals surface area contributed by atoms with Crippen LogP contribution < -0.4 is 11.3 Å². The second-order valence-corrected chi connectivity index (χ2v) is 5.39. The van der Waals surface area contributed by atoms with Crippen LogP contribution in [0.25, 0.3) is 0 Å². The van der Waals surface area contributed by atoms with Gasteiger partial charge in [0.15, 0.2) is 0 Å². The number of nitrogens with one attached hydrogen (secondary N) is 1. The molecule has 2 unspecified atom stereocenters. The summed E-state index contributed by atoms with van der Waals surface area (Å²) in [6.45, 7) is 11.6. The van der Waals surface area contributed by atoms with E-state index in [9.17, 15) is 4.79 Å². The molecule has 0 radical (unpaired) electrons. The fourth-order valence-electron chi connectivity index (χ4n) is 1.40. The molecule has 16 heavy (non-hydrogen) atoms. The lowest BCUT2D eigenvalue weighted by molar-refractivity contribution is -0.124. The average molecular weight is 247 g/mol. The monoisotopic (exact) mass is 247 g/mol. The molecule has 0 aliphatic rings. The zero-order chi connectivity index (χ0) is 12.6. The first-order valence-corrected chi connectivity index (χ1v) is 6.96. The number of hydrogen-bond acceptors (Lipinski definition) is 4. The van der Waals surface area contributed by atoms with E-state index in [4.69, 9.17) is 5.84 Å². The minimum Gasteiger partial charge on any atom is -0.303 e. The summed E-state index contributed by atoms with van der Waals surface area (Å²) in [7, 11) is 0. The van der Waals surface area contributed by atoms with Gasteiger partial charge in [0, 0.05) is 23.5 Å². The molecule has 0 fully saturated rings. The van der Waals surface area contributed by atoms with Crippen LogP contribution >= 0.6 is 11.8 Å². The van der Waals surface area contributed by atoms with Crippen LogP contribution in [0.1, 0.15) is 27.7 Å². The molecule has 0 rings (SSSR count). The predicted octanol–water partition coefficient (Wildman–Crippen LogP) is 1.08. The summed E-state index contributed by atoms with van der Waals surface area (Å²) in [5, 5.41) is 0.305. The highest BCUT2D eigenvalue weighted by Crippen LogP contribution is 2.19. The highest BCUT2D eigenvalue weighted by Gasteiger charge is 2.19. The van der Waals surface area contributed by atoms with Gasteiger partial charge in [-0.3, -0.25) is 10.2 Å². The standard InChI is InChI=1S/C11H25N3OS/c1-5-14(6-2)7-8-16-10(4)9(3)11(15)13-12/h9-10H,5-8,12H2,1-4H3,(H,13,15). The van der Waals surface area contributed by atoms with E-state index in [0.717, 1.165) is 25.4 Å². The van der Waals surface area contributed by atoms with Crippen LogP contribution in [0, 0.1) is 5.92 Å². The zero-order valence-electron chi connectivity index (χ0n) is 10.8. The van der Waals surface area contributed by atoms with Crippen LogP contribution in [0.5, 0.6) is 0 Å². The lowest BCUT2D eigenvalue weighted by Crippen LogP contribution is -2.38. The molecule has 0 bridgehead atoms. The lowest BCUT2D eigenvalue weighted by atomic mass is 10.1. The molecule has 0 aliphatic heterocycles. The molecule has 3 N–H and O–H groups in total. The van der Waals surface area contributed by atoms with E-state index < -0.39 is 0 Å². The van der Waals surface area contributed by atoms with Crippen molar-refractivity contribution in [2.75, 3.05) is 25.4 Å². The Labute approximate surface area is 103 Å². The fraction of sp³-hybridized carbons (Fsp3) is 0.909. The molecule has 0 aromatic rings. The highest BCUT2D eigenvalue weighted by molar-refractivity contribution is 7.99. The normalized spacial score (nSPS) is 14.9. The van der Waals surface area contributed by atoms with Crippen molar-refractivity contribution in [3.8, 4) is 0 Å². The summed E-state index contributed by atoms with van der Waals surface area (Å²) < 4.78 is 0. The number of rotatable bonds is 8. The van der Waals surface area contributed by atoms with Gasteiger partial charge in [0.1, 0.15) is 0 Å². The smallest absolute Gasteiger partial charge is 0.237 e. The van der Waals surface area contributed by atoms with Crippen LogP contribution in [0.15, 0.2) is 0 Å². The minimum atomic E-state index is -0.0807. The third-order valence-electron chi connectivity index (χ3n) is 2.94. The Kier molecular flexibility index (Phi) is 8.70. The summed E-state index contributed by atoms with van der Waals surface area (Å²) >= 11 is 1.83. The van der Waals surface area contributed by atoms with Crippen LogP contribution in [0.3, 0.4) is 0 Å². The van der Waals surface area contributed by atoms with Crippen LogP contribution in [0.4, 0.5) is 0 Å². The first-order chi connectivity index (χ1) is 7.56. The van der Waals surface area contributed by atoms with Gasteiger partial charge < -0.3 is 4.90 Å². The van der Waals surface area contributed by atoms with E-state index in [1.165, 1.54) is 0 Å². The molecule has 0 spiro atoms. The third-order valence-corrected chi connectivity index (χ3v) is 4.29. The quantitative estimate of drug-likeness (QED) is 0.383. The maximum atomic E-state index is 11.3. The van der Waals surface area contributed by atoms with E-state index in [1.54, 1.807) is 0 Å². The van der Waals surface area contributed by atoms with Gasteiger partial charge in [0.05, 0.1) is 0 Å². The fourth-order valence-corrected chi connectivity index (χ4v) is 2.54. The molecule has 0 saturated carbocycles. The molecule has 0 heterocycles. The number of hydrazine groups is 1. The van der Waals surface area contributed by atoms with Gasteiger partial charge in [-0.25, -0.2) is 5.84 Å². The van der Waals surface area contributed by atoms with Crippen molar-refractivity contribution in [1.29, 1.82) is 0 Å². The van der Waals surface area contributed by atoms with Gasteiger partial charge in [0.2, 0.25) is 5.91 Å². The maximum absolute atomic E-state index is 11.3. The lowest BCUT2D eigenvalue weighted by Gasteiger charge is -2.21. The number of nitrogens with zero attached hydrogens (tertiary/aromatic N) is 1. The molecular weight excluding hydrogens is 222 g/mol. The second-order valence-electron chi connectivity index (χ2n) is 3.90. The first-order valence-electron chi connectivity index (χ1n) is 5.91. The van der Waals surface area contributed by atoms with E-state index in [0.29, 0.717) is 5.25 Å². The van der Waals surface area contributed by atoms with Gasteiger partial charge >= 0.3 is 0 Å². The Hall–Kier alpha value is -0.260. The number of amides is 1. The van der Waals surface area contributed by atoms with Crippen LogP contribution in [-0.4, -0.2) is 41.4 Å². The van der Waals surface area contributed by atoms with Crippen molar-refractivity contribution in [2.45, 2.75) is 32.9 Å². The molecule has 0 aliphatic carbocycles. The molecule has 2 atom stereocenters. The Morgan fingerprint density at radius 2 is 1.94 bits per heavy atom. The zero-order valence-corrected chi connectivity index (χ0v) is 11.6. The highest BCUT2D eigenvalue weighted by atomic mass is 32.2. The maximum Gasteiger partial charge on any atom is 0.237 e. The van der Waals surface area contributed by atoms with E-state index in [2.05, 4.69) is 31.1 Å². The molecule has 1 amide bonds. The first kappa shape index (κ1) is 15.7. The number of nitrogens with two attached hydrogens (primary N) is 1. The van der Waals surface area contributed by atoms with Crippen LogP contribution in [-0.2, 0) is 4.79 Å². The van der Waals surface area contributed by atoms with Crippen molar-refractivity contribution in [1.82, 2.24) is 10.3 Å². The van der Waals surface area contributed by atoms with Gasteiger partial charge in [-0.05, 0) is 13.1 Å². The number of thioether (sulfide) groups is 1. The molecule has 0 saturated heterocycles. The Morgan fingerprint density at radius 3 is 2.38 bits per heavy atom. The molecule has 0 aromatic carbocycles. The Balaban J connectivity index is 3.80. The van der Waals surface area contributed by atoms with Crippen LogP contribution in [0.2, 0.25) is 0 Å². The van der Waals surface area contributed by atoms with E-state index in [-0.39, 0.29) is 11.8 Å². The Morgan fingerprint density at radius 1 is 1.38 bits per heavy atom. The van der Waals surface area contributed by atoms with Gasteiger partial charge in [-0.1, -0.05) is 27.7 Å². The van der Waals surface area contributed by atoms with Gasteiger partial charge in [0.25, 0.3) is 0 Å². The summed E-state index contributed by atoms with van der Waals surface area (Å²) in [6.07, 6.45) is 0. The summed E-state index contributed by atoms with van der Waals surface area (Å²) in [5.74, 6) is 6.06. The van der Waals surface area contributed by atoms with Crippen molar-refractivity contribution < 1.29 is 4.79 Å². The topological polar surface area (TPSA) is 58.4 Å². The summed E-state index contributed by atoms with van der Waals surface area (Å²) in [4.78, 5) is 13.7. The summed E-state index contributed by atoms with van der Waals surface area (Å²) in [5.41, 5.74) is 2.20. The number of hydrogen-bond donors (Lipinski definition) is 2. The predicted molar refractivity (Wildman–Crippen MR) is 71.2 cm³/mol. The van der Waals surface area contributed by atoms with Crippen molar-refractivity contribution >= 4 is 17.7 Å². The molecular formula is C11H25N3OS. The largest absolute Gasteiger partial charge is 0.303 e.